The zero-order valence-electron chi connectivity index (χ0n) is 9.12. The number of hydrogen-bond donors (Lipinski definition) is 2. The van der Waals surface area contributed by atoms with E-state index in [-0.39, 0.29) is 0 Å². The lowest BCUT2D eigenvalue weighted by molar-refractivity contribution is 0.789. The molecule has 3 N–H and O–H groups in total. The van der Waals surface area contributed by atoms with E-state index >= 15 is 0 Å². The number of aromatic nitrogens is 3. The fourth-order valence-electron chi connectivity index (χ4n) is 1.69. The molecule has 0 bridgehead atoms. The number of nitrogens with two attached hydrogens (primary N) is 1. The minimum absolute atomic E-state index is 0.405. The van der Waals surface area contributed by atoms with E-state index in [0.717, 1.165) is 29.0 Å². The van der Waals surface area contributed by atoms with Gasteiger partial charge in [0.05, 0.1) is 5.69 Å². The minimum atomic E-state index is 0.405. The predicted octanol–water partition coefficient (Wildman–Crippen LogP) is 1.58. The molecule has 80 valence electrons. The average molecular weight is 204 g/mol. The maximum absolute atomic E-state index is 5.52. The van der Waals surface area contributed by atoms with Crippen LogP contribution in [0.3, 0.4) is 0 Å². The quantitative estimate of drug-likeness (QED) is 0.797. The van der Waals surface area contributed by atoms with Crippen molar-refractivity contribution in [1.82, 2.24) is 15.0 Å². The van der Waals surface area contributed by atoms with Crippen LogP contribution in [0.5, 0.6) is 0 Å². The molecular weight excluding hydrogens is 188 g/mol. The maximum Gasteiger partial charge on any atom is 0.141 e. The smallest absolute Gasteiger partial charge is 0.141 e. The van der Waals surface area contributed by atoms with Crippen LogP contribution in [0.15, 0.2) is 12.3 Å². The Morgan fingerprint density at radius 1 is 1.40 bits per heavy atom. The molecule has 0 amide bonds. The molecule has 15 heavy (non-hydrogen) atoms. The highest BCUT2D eigenvalue weighted by molar-refractivity contribution is 5.78. The Bertz CT molecular complexity index is 459. The van der Waals surface area contributed by atoms with E-state index in [1.54, 1.807) is 0 Å². The zero-order valence-corrected chi connectivity index (χ0v) is 9.12. The summed E-state index contributed by atoms with van der Waals surface area (Å²) in [6.07, 6.45) is 2.63. The molecule has 4 heteroatoms. The van der Waals surface area contributed by atoms with Gasteiger partial charge in [-0.05, 0) is 18.5 Å². The van der Waals surface area contributed by atoms with Crippen LogP contribution in [0.25, 0.3) is 11.0 Å². The SMILES string of the molecule is CC(C)c1nc(CCN)nc2[nH]ccc12. The molecule has 0 saturated heterocycles. The average Bonchev–Trinajstić information content (AvgIpc) is 2.64. The highest BCUT2D eigenvalue weighted by atomic mass is 15.0. The van der Waals surface area contributed by atoms with Crippen LogP contribution in [0.1, 0.15) is 31.3 Å². The second-order valence-corrected chi connectivity index (χ2v) is 3.96. The van der Waals surface area contributed by atoms with Crippen molar-refractivity contribution >= 4 is 11.0 Å². The second kappa shape index (κ2) is 3.98. The van der Waals surface area contributed by atoms with Crippen molar-refractivity contribution < 1.29 is 0 Å². The summed E-state index contributed by atoms with van der Waals surface area (Å²) in [5.74, 6) is 1.24. The molecule has 0 aromatic carbocycles. The van der Waals surface area contributed by atoms with Crippen molar-refractivity contribution in [2.75, 3.05) is 6.54 Å². The highest BCUT2D eigenvalue weighted by Crippen LogP contribution is 2.21. The topological polar surface area (TPSA) is 67.6 Å². The van der Waals surface area contributed by atoms with Gasteiger partial charge in [-0.2, -0.15) is 0 Å². The van der Waals surface area contributed by atoms with Gasteiger partial charge < -0.3 is 10.7 Å². The molecule has 2 heterocycles. The van der Waals surface area contributed by atoms with Gasteiger partial charge in [-0.1, -0.05) is 13.8 Å². The van der Waals surface area contributed by atoms with Crippen LogP contribution in [0.4, 0.5) is 0 Å². The van der Waals surface area contributed by atoms with Crippen molar-refractivity contribution in [3.8, 4) is 0 Å². The summed E-state index contributed by atoms with van der Waals surface area (Å²) in [4.78, 5) is 12.1. The van der Waals surface area contributed by atoms with Gasteiger partial charge in [-0.25, -0.2) is 9.97 Å². The van der Waals surface area contributed by atoms with Crippen molar-refractivity contribution in [3.05, 3.63) is 23.8 Å². The van der Waals surface area contributed by atoms with Gasteiger partial charge in [0.25, 0.3) is 0 Å². The van der Waals surface area contributed by atoms with Crippen LogP contribution in [-0.2, 0) is 6.42 Å². The van der Waals surface area contributed by atoms with Crippen LogP contribution in [0, 0.1) is 0 Å². The lowest BCUT2D eigenvalue weighted by Gasteiger charge is -2.08. The normalized spacial score (nSPS) is 11.5. The Morgan fingerprint density at radius 2 is 2.20 bits per heavy atom. The highest BCUT2D eigenvalue weighted by Gasteiger charge is 2.10. The number of aromatic amines is 1. The summed E-state index contributed by atoms with van der Waals surface area (Å²) < 4.78 is 0. The lowest BCUT2D eigenvalue weighted by atomic mass is 10.1. The van der Waals surface area contributed by atoms with E-state index in [9.17, 15) is 0 Å². The standard InChI is InChI=1S/C11H16N4/c1-7(2)10-8-4-6-13-11(8)15-9(14-10)3-5-12/h4,6-7H,3,5,12H2,1-2H3,(H,13,14,15). The minimum Gasteiger partial charge on any atom is -0.346 e. The predicted molar refractivity (Wildman–Crippen MR) is 60.7 cm³/mol. The van der Waals surface area contributed by atoms with E-state index in [0.29, 0.717) is 12.5 Å². The zero-order chi connectivity index (χ0) is 10.8. The van der Waals surface area contributed by atoms with Gasteiger partial charge >= 0.3 is 0 Å². The van der Waals surface area contributed by atoms with E-state index < -0.39 is 0 Å². The lowest BCUT2D eigenvalue weighted by Crippen LogP contribution is -2.08. The van der Waals surface area contributed by atoms with E-state index in [4.69, 9.17) is 5.73 Å². The first kappa shape index (κ1) is 10.1. The first-order valence-corrected chi connectivity index (χ1v) is 5.26. The van der Waals surface area contributed by atoms with Crippen LogP contribution in [0.2, 0.25) is 0 Å². The fraction of sp³-hybridized carbons (Fsp3) is 0.455. The number of fused-ring (bicyclic) bond motifs is 1. The molecule has 0 atom stereocenters. The summed E-state index contributed by atoms with van der Waals surface area (Å²) in [6, 6.07) is 2.02. The second-order valence-electron chi connectivity index (χ2n) is 3.96. The first-order valence-electron chi connectivity index (χ1n) is 5.26. The Kier molecular flexibility index (Phi) is 2.68. The van der Waals surface area contributed by atoms with Gasteiger partial charge in [0.2, 0.25) is 0 Å². The third-order valence-corrected chi connectivity index (χ3v) is 2.41. The van der Waals surface area contributed by atoms with E-state index in [2.05, 4.69) is 28.8 Å². The molecular formula is C11H16N4. The molecule has 2 aromatic rings. The summed E-state index contributed by atoms with van der Waals surface area (Å²) in [7, 11) is 0. The fourth-order valence-corrected chi connectivity index (χ4v) is 1.69. The van der Waals surface area contributed by atoms with Gasteiger partial charge in [-0.15, -0.1) is 0 Å². The molecule has 0 fully saturated rings. The van der Waals surface area contributed by atoms with Gasteiger partial charge in [-0.3, -0.25) is 0 Å². The molecule has 0 saturated carbocycles. The Morgan fingerprint density at radius 3 is 2.87 bits per heavy atom. The van der Waals surface area contributed by atoms with Crippen molar-refractivity contribution in [2.24, 2.45) is 5.73 Å². The summed E-state index contributed by atoms with van der Waals surface area (Å²) in [5, 5.41) is 1.12. The molecule has 0 spiro atoms. The third kappa shape index (κ3) is 1.85. The molecule has 2 aromatic heterocycles. The largest absolute Gasteiger partial charge is 0.346 e. The number of nitrogens with zero attached hydrogens (tertiary/aromatic N) is 2. The maximum atomic E-state index is 5.52. The molecule has 2 rings (SSSR count). The number of nitrogens with one attached hydrogen (secondary N) is 1. The van der Waals surface area contributed by atoms with Crippen LogP contribution in [-0.4, -0.2) is 21.5 Å². The molecule has 0 radical (unpaired) electrons. The molecule has 0 aliphatic rings. The van der Waals surface area contributed by atoms with Crippen molar-refractivity contribution in [2.45, 2.75) is 26.2 Å². The van der Waals surface area contributed by atoms with Gasteiger partial charge in [0.1, 0.15) is 11.5 Å². The summed E-state index contributed by atoms with van der Waals surface area (Å²) in [5.41, 5.74) is 7.53. The summed E-state index contributed by atoms with van der Waals surface area (Å²) >= 11 is 0. The third-order valence-electron chi connectivity index (χ3n) is 2.41. The van der Waals surface area contributed by atoms with Gasteiger partial charge in [0, 0.05) is 18.0 Å². The van der Waals surface area contributed by atoms with Crippen LogP contribution >= 0.6 is 0 Å². The number of rotatable bonds is 3. The Balaban J connectivity index is 2.58. The number of H-pyrrole nitrogens is 1. The van der Waals surface area contributed by atoms with E-state index in [1.807, 2.05) is 12.3 Å². The first-order chi connectivity index (χ1) is 7.22. The van der Waals surface area contributed by atoms with Crippen molar-refractivity contribution in [1.29, 1.82) is 0 Å². The van der Waals surface area contributed by atoms with Gasteiger partial charge in [0.15, 0.2) is 0 Å². The number of hydrogen-bond acceptors (Lipinski definition) is 3. The summed E-state index contributed by atoms with van der Waals surface area (Å²) in [6.45, 7) is 4.87. The molecule has 0 aliphatic carbocycles. The van der Waals surface area contributed by atoms with E-state index in [1.165, 1.54) is 0 Å². The molecule has 0 unspecified atom stereocenters. The van der Waals surface area contributed by atoms with Crippen molar-refractivity contribution in [3.63, 3.8) is 0 Å². The Labute approximate surface area is 88.9 Å². The van der Waals surface area contributed by atoms with Crippen LogP contribution < -0.4 is 5.73 Å². The Hall–Kier alpha value is -1.42. The monoisotopic (exact) mass is 204 g/mol. The molecule has 4 nitrogen and oxygen atoms in total. The molecule has 0 aliphatic heterocycles.